The Hall–Kier alpha value is -2.41. The number of amides is 1. The number of ether oxygens (including phenoxy) is 3. The molecule has 3 fully saturated rings. The van der Waals surface area contributed by atoms with Crippen molar-refractivity contribution in [1.29, 1.82) is 0 Å². The first kappa shape index (κ1) is 33.0. The first-order chi connectivity index (χ1) is 20.8. The first-order valence-electron chi connectivity index (χ1n) is 13.9. The Labute approximate surface area is 253 Å². The van der Waals surface area contributed by atoms with E-state index in [2.05, 4.69) is 10.3 Å². The summed E-state index contributed by atoms with van der Waals surface area (Å²) in [5.74, 6) is -8.08. The van der Waals surface area contributed by atoms with Crippen LogP contribution in [-0.2, 0) is 19.0 Å². The smallest absolute Gasteiger partial charge is 0.248 e. The van der Waals surface area contributed by atoms with E-state index in [1.165, 1.54) is 25.3 Å². The number of hydrogen-bond donors (Lipinski definition) is 3. The molecule has 1 aliphatic carbocycles. The van der Waals surface area contributed by atoms with E-state index in [0.717, 1.165) is 28.6 Å². The molecule has 244 valence electrons. The zero-order valence-corrected chi connectivity index (χ0v) is 24.6. The highest BCUT2D eigenvalue weighted by Gasteiger charge is 2.55. The number of halogens is 5. The van der Waals surface area contributed by atoms with Crippen LogP contribution in [0.2, 0.25) is 0 Å². The molecule has 0 bridgehead atoms. The number of thioether (sulfide) groups is 1. The Kier molecular flexibility index (Phi) is 9.57. The van der Waals surface area contributed by atoms with Gasteiger partial charge in [0, 0.05) is 32.6 Å². The molecule has 1 unspecified atom stereocenters. The second-order valence-corrected chi connectivity index (χ2v) is 12.6. The highest BCUT2D eigenvalue weighted by Crippen LogP contribution is 2.47. The molecule has 1 aromatic heterocycles. The van der Waals surface area contributed by atoms with E-state index >= 15 is 0 Å². The zero-order chi connectivity index (χ0) is 32.0. The van der Waals surface area contributed by atoms with Crippen LogP contribution in [0.5, 0.6) is 0 Å². The molecule has 1 saturated carbocycles. The fourth-order valence-corrected chi connectivity index (χ4v) is 7.33. The van der Waals surface area contributed by atoms with Crippen molar-refractivity contribution in [2.45, 2.75) is 78.3 Å². The molecule has 5 rings (SSSR count). The van der Waals surface area contributed by atoms with Crippen molar-refractivity contribution in [3.8, 4) is 11.3 Å². The van der Waals surface area contributed by atoms with Gasteiger partial charge in [0.1, 0.15) is 40.7 Å². The van der Waals surface area contributed by atoms with Gasteiger partial charge < -0.3 is 34.4 Å². The molecule has 11 nitrogen and oxygen atoms in total. The van der Waals surface area contributed by atoms with Crippen molar-refractivity contribution in [3.63, 3.8) is 0 Å². The molecule has 2 aromatic rings. The normalized spacial score (nSPS) is 29.2. The molecule has 0 spiro atoms. The molecule has 3 heterocycles. The maximum atomic E-state index is 14.1. The van der Waals surface area contributed by atoms with Gasteiger partial charge in [-0.3, -0.25) is 4.79 Å². The lowest BCUT2D eigenvalue weighted by Gasteiger charge is -2.47. The highest BCUT2D eigenvalue weighted by atomic mass is 32.2. The van der Waals surface area contributed by atoms with E-state index in [1.807, 2.05) is 0 Å². The van der Waals surface area contributed by atoms with Crippen LogP contribution in [0.15, 0.2) is 18.3 Å². The summed E-state index contributed by atoms with van der Waals surface area (Å²) in [7, 11) is 2.81. The Balaban J connectivity index is 1.47. The van der Waals surface area contributed by atoms with E-state index in [9.17, 15) is 42.1 Å². The van der Waals surface area contributed by atoms with Crippen LogP contribution in [-0.4, -0.2) is 122 Å². The van der Waals surface area contributed by atoms with E-state index in [0.29, 0.717) is 0 Å². The summed E-state index contributed by atoms with van der Waals surface area (Å²) in [6.07, 6.45) is -4.61. The maximum Gasteiger partial charge on any atom is 0.248 e. The van der Waals surface area contributed by atoms with E-state index in [4.69, 9.17) is 14.2 Å². The molecule has 3 N–H and O–H groups in total. The lowest BCUT2D eigenvalue weighted by Crippen LogP contribution is -2.60. The maximum absolute atomic E-state index is 14.1. The number of carbonyl (C=O) groups excluding carboxylic acids is 1. The zero-order valence-electron chi connectivity index (χ0n) is 23.8. The SMILES string of the molecule is CO[C@@H]1[C@@H](n2cc(-c3cc(F)c(F)c(F)c3)nn2)[C@@H](O)[C@@H](CO)O[C@H]1SC(C(=O)N(C)C1COC1)C1(O)CCC(F)(F)CC1. The fourth-order valence-electron chi connectivity index (χ4n) is 5.65. The summed E-state index contributed by atoms with van der Waals surface area (Å²) in [5, 5.41) is 39.4. The van der Waals surface area contributed by atoms with Gasteiger partial charge in [-0.25, -0.2) is 26.6 Å². The number of aromatic nitrogens is 3. The van der Waals surface area contributed by atoms with Gasteiger partial charge in [-0.05, 0) is 25.0 Å². The second kappa shape index (κ2) is 12.8. The molecule has 2 saturated heterocycles. The number of benzene rings is 1. The fraction of sp³-hybridized carbons (Fsp3) is 0.667. The van der Waals surface area contributed by atoms with Gasteiger partial charge in [-0.2, -0.15) is 0 Å². The number of carbonyl (C=O) groups is 1. The van der Waals surface area contributed by atoms with Crippen LogP contribution in [0.1, 0.15) is 31.7 Å². The van der Waals surface area contributed by atoms with Crippen LogP contribution in [0.3, 0.4) is 0 Å². The van der Waals surface area contributed by atoms with E-state index in [-0.39, 0.29) is 43.4 Å². The molecule has 6 atom stereocenters. The third kappa shape index (κ3) is 6.32. The van der Waals surface area contributed by atoms with Crippen LogP contribution in [0, 0.1) is 17.5 Å². The third-order valence-corrected chi connectivity index (χ3v) is 10.1. The topological polar surface area (TPSA) is 139 Å². The molecule has 17 heteroatoms. The third-order valence-electron chi connectivity index (χ3n) is 8.54. The quantitative estimate of drug-likeness (QED) is 0.272. The molecular formula is C27H33F5N4O7S. The predicted molar refractivity (Wildman–Crippen MR) is 144 cm³/mol. The average molecular weight is 653 g/mol. The monoisotopic (exact) mass is 652 g/mol. The molecule has 0 radical (unpaired) electrons. The lowest BCUT2D eigenvalue weighted by molar-refractivity contribution is -0.187. The number of aliphatic hydroxyl groups is 3. The van der Waals surface area contributed by atoms with Crippen LogP contribution < -0.4 is 0 Å². The Morgan fingerprint density at radius 2 is 1.84 bits per heavy atom. The van der Waals surface area contributed by atoms with E-state index < -0.39 is 89.4 Å². The number of nitrogens with zero attached hydrogens (tertiary/aromatic N) is 4. The minimum atomic E-state index is -2.99. The minimum Gasteiger partial charge on any atom is -0.394 e. The number of likely N-dealkylation sites (N-methyl/N-ethyl adjacent to an activating group) is 1. The second-order valence-electron chi connectivity index (χ2n) is 11.4. The average Bonchev–Trinajstić information content (AvgIpc) is 3.45. The van der Waals surface area contributed by atoms with Gasteiger partial charge in [0.25, 0.3) is 0 Å². The molecule has 3 aliphatic rings. The number of methoxy groups -OCH3 is 1. The number of rotatable bonds is 9. The predicted octanol–water partition coefficient (Wildman–Crippen LogP) is 1.90. The summed E-state index contributed by atoms with van der Waals surface area (Å²) in [5.41, 5.74) is -3.22. The van der Waals surface area contributed by atoms with Crippen molar-refractivity contribution in [2.24, 2.45) is 0 Å². The van der Waals surface area contributed by atoms with Gasteiger partial charge in [0.2, 0.25) is 11.8 Å². The van der Waals surface area contributed by atoms with Crippen molar-refractivity contribution in [3.05, 3.63) is 35.8 Å². The standard InChI is InChI=1S/C27H33F5N4O7S/c1-35(14-11-42-12-14)24(39)23(26(40)3-5-27(31,32)6-4-26)44-25-22(41-2)20(21(38)18(10-37)43-25)36-9-17(33-34-36)13-7-15(28)19(30)16(29)8-13/h7-9,14,18,20-23,25,37-38,40H,3-6,10-12H2,1-2H3/t18-,20+,21+,22-,23?,25+/m1/s1. The number of aliphatic hydroxyl groups excluding tert-OH is 2. The van der Waals surface area contributed by atoms with Crippen molar-refractivity contribution < 1.29 is 56.3 Å². The molecule has 2 aliphatic heterocycles. The van der Waals surface area contributed by atoms with Gasteiger partial charge in [0.05, 0.1) is 37.7 Å². The van der Waals surface area contributed by atoms with Gasteiger partial charge in [0.15, 0.2) is 17.5 Å². The van der Waals surface area contributed by atoms with Crippen LogP contribution in [0.4, 0.5) is 22.0 Å². The van der Waals surface area contributed by atoms with Crippen molar-refractivity contribution in [2.75, 3.05) is 34.0 Å². The highest BCUT2D eigenvalue weighted by molar-refractivity contribution is 8.01. The summed E-state index contributed by atoms with van der Waals surface area (Å²) in [6, 6.07) is 0.0206. The Morgan fingerprint density at radius 3 is 2.39 bits per heavy atom. The van der Waals surface area contributed by atoms with Crippen molar-refractivity contribution in [1.82, 2.24) is 19.9 Å². The number of alkyl halides is 2. The summed E-state index contributed by atoms with van der Waals surface area (Å²) < 4.78 is 87.4. The molecule has 1 aromatic carbocycles. The Morgan fingerprint density at radius 1 is 1.20 bits per heavy atom. The van der Waals surface area contributed by atoms with Crippen LogP contribution in [0.25, 0.3) is 11.3 Å². The summed E-state index contributed by atoms with van der Waals surface area (Å²) in [4.78, 5) is 15.2. The minimum absolute atomic E-state index is 0.0732. The van der Waals surface area contributed by atoms with Crippen molar-refractivity contribution >= 4 is 17.7 Å². The molecule has 44 heavy (non-hydrogen) atoms. The number of hydrogen-bond acceptors (Lipinski definition) is 10. The van der Waals surface area contributed by atoms with E-state index in [1.54, 1.807) is 0 Å². The first-order valence-corrected chi connectivity index (χ1v) is 14.9. The Bertz CT molecular complexity index is 1320. The largest absolute Gasteiger partial charge is 0.394 e. The lowest BCUT2D eigenvalue weighted by atomic mass is 9.80. The van der Waals surface area contributed by atoms with Gasteiger partial charge >= 0.3 is 0 Å². The van der Waals surface area contributed by atoms with Crippen LogP contribution >= 0.6 is 11.8 Å². The summed E-state index contributed by atoms with van der Waals surface area (Å²) in [6.45, 7) is -0.141. The summed E-state index contributed by atoms with van der Waals surface area (Å²) >= 11 is 0.822. The molecule has 1 amide bonds. The van der Waals surface area contributed by atoms with Gasteiger partial charge in [-0.15, -0.1) is 16.9 Å². The molecular weight excluding hydrogens is 619 g/mol. The van der Waals surface area contributed by atoms with Gasteiger partial charge in [-0.1, -0.05) is 5.21 Å².